The Balaban J connectivity index is 2.26. The standard InChI is InChI=1S/C16H12Br2O4/c1-22-11-5-2-9(3-6-11)12(19)7-4-10-8-13(20)16(21)15(18)14(10)17/h2-8,20-21H,1H3/b7-4+. The molecule has 22 heavy (non-hydrogen) atoms. The number of benzene rings is 2. The van der Waals surface area contributed by atoms with Crippen molar-refractivity contribution < 1.29 is 19.7 Å². The van der Waals surface area contributed by atoms with Crippen molar-refractivity contribution >= 4 is 43.7 Å². The molecule has 0 heterocycles. The molecular formula is C16H12Br2O4. The van der Waals surface area contributed by atoms with Crippen LogP contribution in [0.1, 0.15) is 15.9 Å². The van der Waals surface area contributed by atoms with Crippen molar-refractivity contribution in [3.05, 3.63) is 56.5 Å². The van der Waals surface area contributed by atoms with Crippen LogP contribution < -0.4 is 4.74 Å². The molecule has 2 aromatic rings. The Bertz CT molecular complexity index is 737. The van der Waals surface area contributed by atoms with Crippen molar-refractivity contribution in [3.8, 4) is 17.2 Å². The van der Waals surface area contributed by atoms with Gasteiger partial charge >= 0.3 is 0 Å². The van der Waals surface area contributed by atoms with Gasteiger partial charge < -0.3 is 14.9 Å². The molecule has 0 aliphatic heterocycles. The first-order valence-corrected chi connectivity index (χ1v) is 7.79. The molecule has 0 saturated heterocycles. The minimum absolute atomic E-state index is 0.182. The zero-order chi connectivity index (χ0) is 16.3. The quantitative estimate of drug-likeness (QED) is 0.427. The molecule has 2 rings (SSSR count). The molecule has 0 aliphatic carbocycles. The minimum atomic E-state index is -0.272. The SMILES string of the molecule is COc1ccc(C(=O)/C=C/c2cc(O)c(O)c(Br)c2Br)cc1. The number of methoxy groups -OCH3 is 1. The second kappa shape index (κ2) is 6.98. The van der Waals surface area contributed by atoms with Gasteiger partial charge in [0.2, 0.25) is 0 Å². The van der Waals surface area contributed by atoms with E-state index in [1.165, 1.54) is 12.1 Å². The Kier molecular flexibility index (Phi) is 5.26. The lowest BCUT2D eigenvalue weighted by Gasteiger charge is -2.06. The highest BCUT2D eigenvalue weighted by molar-refractivity contribution is 9.13. The Morgan fingerprint density at radius 2 is 1.77 bits per heavy atom. The maximum Gasteiger partial charge on any atom is 0.185 e. The lowest BCUT2D eigenvalue weighted by atomic mass is 10.1. The number of hydrogen-bond acceptors (Lipinski definition) is 4. The molecule has 2 aromatic carbocycles. The average Bonchev–Trinajstić information content (AvgIpc) is 2.54. The van der Waals surface area contributed by atoms with E-state index in [0.29, 0.717) is 25.8 Å². The molecule has 114 valence electrons. The normalized spacial score (nSPS) is 10.9. The van der Waals surface area contributed by atoms with Crippen molar-refractivity contribution in [3.63, 3.8) is 0 Å². The van der Waals surface area contributed by atoms with Gasteiger partial charge in [0.05, 0.1) is 11.6 Å². The van der Waals surface area contributed by atoms with Crippen molar-refractivity contribution in [1.29, 1.82) is 0 Å². The maximum absolute atomic E-state index is 12.1. The summed E-state index contributed by atoms with van der Waals surface area (Å²) in [7, 11) is 1.56. The van der Waals surface area contributed by atoms with Crippen LogP contribution in [0.15, 0.2) is 45.4 Å². The smallest absolute Gasteiger partial charge is 0.185 e. The topological polar surface area (TPSA) is 66.8 Å². The zero-order valence-corrected chi connectivity index (χ0v) is 14.7. The van der Waals surface area contributed by atoms with Crippen LogP contribution in [0, 0.1) is 0 Å². The first kappa shape index (κ1) is 16.6. The van der Waals surface area contributed by atoms with Crippen LogP contribution in [-0.4, -0.2) is 23.1 Å². The van der Waals surface area contributed by atoms with E-state index in [9.17, 15) is 15.0 Å². The Hall–Kier alpha value is -1.79. The number of aromatic hydroxyl groups is 2. The number of halogens is 2. The van der Waals surface area contributed by atoms with Gasteiger partial charge in [-0.2, -0.15) is 0 Å². The van der Waals surface area contributed by atoms with Crippen molar-refractivity contribution in [2.45, 2.75) is 0 Å². The number of allylic oxidation sites excluding steroid dienone is 1. The van der Waals surface area contributed by atoms with Gasteiger partial charge in [0.1, 0.15) is 5.75 Å². The van der Waals surface area contributed by atoms with E-state index in [4.69, 9.17) is 4.74 Å². The fraction of sp³-hybridized carbons (Fsp3) is 0.0625. The molecule has 0 aromatic heterocycles. The van der Waals surface area contributed by atoms with E-state index < -0.39 is 0 Å². The molecule has 0 spiro atoms. The van der Waals surface area contributed by atoms with E-state index in [2.05, 4.69) is 31.9 Å². The lowest BCUT2D eigenvalue weighted by molar-refractivity contribution is 0.104. The number of rotatable bonds is 4. The van der Waals surface area contributed by atoms with Crippen molar-refractivity contribution in [1.82, 2.24) is 0 Å². The van der Waals surface area contributed by atoms with Crippen LogP contribution in [0.5, 0.6) is 17.2 Å². The molecule has 0 amide bonds. The average molecular weight is 428 g/mol. The molecule has 0 atom stereocenters. The molecule has 0 unspecified atom stereocenters. The molecule has 0 bridgehead atoms. The second-order valence-electron chi connectivity index (χ2n) is 4.39. The predicted octanol–water partition coefficient (Wildman–Crippen LogP) is 4.53. The molecule has 0 radical (unpaired) electrons. The zero-order valence-electron chi connectivity index (χ0n) is 11.5. The summed E-state index contributed by atoms with van der Waals surface area (Å²) >= 11 is 6.45. The molecule has 4 nitrogen and oxygen atoms in total. The summed E-state index contributed by atoms with van der Waals surface area (Å²) in [5.41, 5.74) is 1.08. The predicted molar refractivity (Wildman–Crippen MR) is 91.5 cm³/mol. The van der Waals surface area contributed by atoms with Gasteiger partial charge in [-0.05, 0) is 79.9 Å². The minimum Gasteiger partial charge on any atom is -0.504 e. The first-order valence-electron chi connectivity index (χ1n) is 6.20. The highest BCUT2D eigenvalue weighted by atomic mass is 79.9. The van der Waals surface area contributed by atoms with Crippen LogP contribution in [-0.2, 0) is 0 Å². The lowest BCUT2D eigenvalue weighted by Crippen LogP contribution is -1.94. The van der Waals surface area contributed by atoms with Crippen LogP contribution in [0.25, 0.3) is 6.08 Å². The Labute approximate surface area is 144 Å². The van der Waals surface area contributed by atoms with Crippen molar-refractivity contribution in [2.75, 3.05) is 7.11 Å². The van der Waals surface area contributed by atoms with Gasteiger partial charge in [0, 0.05) is 10.0 Å². The number of carbonyl (C=O) groups is 1. The van der Waals surface area contributed by atoms with Crippen LogP contribution in [0.2, 0.25) is 0 Å². The molecular weight excluding hydrogens is 416 g/mol. The van der Waals surface area contributed by atoms with E-state index >= 15 is 0 Å². The third kappa shape index (κ3) is 3.51. The summed E-state index contributed by atoms with van der Waals surface area (Å²) in [6.45, 7) is 0. The highest BCUT2D eigenvalue weighted by Crippen LogP contribution is 2.41. The van der Waals surface area contributed by atoms with E-state index in [1.54, 1.807) is 37.5 Å². The monoisotopic (exact) mass is 426 g/mol. The fourth-order valence-electron chi connectivity index (χ4n) is 1.76. The third-order valence-corrected chi connectivity index (χ3v) is 5.14. The number of ketones is 1. The number of hydrogen-bond donors (Lipinski definition) is 2. The van der Waals surface area contributed by atoms with Crippen LogP contribution in [0.4, 0.5) is 0 Å². The van der Waals surface area contributed by atoms with Crippen molar-refractivity contribution in [2.24, 2.45) is 0 Å². The summed E-state index contributed by atoms with van der Waals surface area (Å²) in [5.74, 6) is -0.0361. The first-order chi connectivity index (χ1) is 10.4. The highest BCUT2D eigenvalue weighted by Gasteiger charge is 2.12. The Morgan fingerprint density at radius 3 is 2.36 bits per heavy atom. The number of ether oxygens (including phenoxy) is 1. The Morgan fingerprint density at radius 1 is 1.14 bits per heavy atom. The molecule has 2 N–H and O–H groups in total. The molecule has 0 saturated carbocycles. The van der Waals surface area contributed by atoms with E-state index in [-0.39, 0.29) is 17.3 Å². The largest absolute Gasteiger partial charge is 0.504 e. The van der Waals surface area contributed by atoms with Crippen LogP contribution >= 0.6 is 31.9 Å². The van der Waals surface area contributed by atoms with Crippen LogP contribution in [0.3, 0.4) is 0 Å². The second-order valence-corrected chi connectivity index (χ2v) is 5.97. The maximum atomic E-state index is 12.1. The van der Waals surface area contributed by atoms with E-state index in [1.807, 2.05) is 0 Å². The van der Waals surface area contributed by atoms with Gasteiger partial charge in [-0.1, -0.05) is 0 Å². The summed E-state index contributed by atoms with van der Waals surface area (Å²) in [6.07, 6.45) is 2.95. The number of carbonyl (C=O) groups excluding carboxylic acids is 1. The van der Waals surface area contributed by atoms with E-state index in [0.717, 1.165) is 0 Å². The summed E-state index contributed by atoms with van der Waals surface area (Å²) < 4.78 is 5.91. The van der Waals surface area contributed by atoms with Gasteiger partial charge in [0.15, 0.2) is 17.3 Å². The van der Waals surface area contributed by atoms with Gasteiger partial charge in [-0.3, -0.25) is 4.79 Å². The summed E-state index contributed by atoms with van der Waals surface area (Å²) in [5, 5.41) is 19.2. The molecule has 0 aliphatic rings. The summed E-state index contributed by atoms with van der Waals surface area (Å²) in [6, 6.07) is 8.12. The van der Waals surface area contributed by atoms with Gasteiger partial charge in [-0.25, -0.2) is 0 Å². The number of phenolic OH excluding ortho intramolecular Hbond substituents is 2. The molecule has 6 heteroatoms. The van der Waals surface area contributed by atoms with Gasteiger partial charge in [-0.15, -0.1) is 0 Å². The molecule has 0 fully saturated rings. The fourth-order valence-corrected chi connectivity index (χ4v) is 2.63. The van der Waals surface area contributed by atoms with Gasteiger partial charge in [0.25, 0.3) is 0 Å². The third-order valence-electron chi connectivity index (χ3n) is 2.98. The summed E-state index contributed by atoms with van der Waals surface area (Å²) in [4.78, 5) is 12.1. The number of phenols is 2.